The summed E-state index contributed by atoms with van der Waals surface area (Å²) < 4.78 is 50.3. The van der Waals surface area contributed by atoms with Crippen LogP contribution in [0.5, 0.6) is 11.6 Å². The van der Waals surface area contributed by atoms with Gasteiger partial charge in [0, 0.05) is 18.0 Å². The normalized spacial score (nSPS) is 9.43. The molecule has 0 fully saturated rings. The summed E-state index contributed by atoms with van der Waals surface area (Å²) in [5, 5.41) is 9.97. The zero-order chi connectivity index (χ0) is 26.4. The van der Waals surface area contributed by atoms with Crippen LogP contribution >= 0.6 is 0 Å². The Kier molecular flexibility index (Phi) is 11.9. The van der Waals surface area contributed by atoms with Gasteiger partial charge in [0.1, 0.15) is 37.6 Å². The molecule has 0 saturated carbocycles. The zero-order valence-electron chi connectivity index (χ0n) is 19.3. The number of H-pyrrole nitrogens is 1. The number of nitrogens with one attached hydrogen (secondary N) is 2. The molecule has 4 rings (SSSR count). The Hall–Kier alpha value is -4.48. The van der Waals surface area contributed by atoms with Gasteiger partial charge in [0.05, 0.1) is 37.0 Å². The van der Waals surface area contributed by atoms with Crippen molar-refractivity contribution in [3.8, 4) is 11.6 Å². The maximum absolute atomic E-state index is 14.0. The average Bonchev–Trinajstić information content (AvgIpc) is 3.35. The summed E-state index contributed by atoms with van der Waals surface area (Å²) in [6.45, 7) is 5.52. The lowest BCUT2D eigenvalue weighted by molar-refractivity contribution is -0.0987. The van der Waals surface area contributed by atoms with Crippen LogP contribution in [0.3, 0.4) is 0 Å². The number of aryl methyl sites for hydroxylation is 1. The predicted octanol–water partition coefficient (Wildman–Crippen LogP) is 4.02. The third kappa shape index (κ3) is 7.81. The molecule has 0 radical (unpaired) electrons. The minimum Gasteiger partial charge on any atom is -0.487 e. The first-order valence-electron chi connectivity index (χ1n) is 9.73. The van der Waals surface area contributed by atoms with E-state index in [-0.39, 0.29) is 23.7 Å². The van der Waals surface area contributed by atoms with E-state index in [0.717, 1.165) is 11.6 Å². The molecule has 0 saturated heterocycles. The van der Waals surface area contributed by atoms with Crippen molar-refractivity contribution in [3.63, 3.8) is 0 Å². The highest BCUT2D eigenvalue weighted by atomic mass is 19.1. The minimum atomic E-state index is -0.658. The first kappa shape index (κ1) is 28.6. The molecule has 3 aromatic heterocycles. The smallest absolute Gasteiger partial charge is 0.216 e. The number of fused-ring (bicyclic) bond motifs is 1. The van der Waals surface area contributed by atoms with Crippen LogP contribution in [0.4, 0.5) is 18.9 Å². The number of carbonyl (C=O) groups excluding carboxylic acids is 2. The number of halogens is 3. The van der Waals surface area contributed by atoms with E-state index in [1.165, 1.54) is 31.5 Å². The van der Waals surface area contributed by atoms with E-state index < -0.39 is 11.6 Å². The number of aromatic nitrogens is 4. The van der Waals surface area contributed by atoms with Crippen molar-refractivity contribution < 1.29 is 32.2 Å². The van der Waals surface area contributed by atoms with Crippen molar-refractivity contribution in [2.45, 2.75) is 13.5 Å². The SMILES string of the molecule is C=O.C=O.CNc1ccc(F)c(COc2cnc3[nH]ncc3c2)c1F.COc1ncc(F)cc1C. The monoisotopic (exact) mass is 491 g/mol. The highest BCUT2D eigenvalue weighted by Gasteiger charge is 2.14. The summed E-state index contributed by atoms with van der Waals surface area (Å²) in [4.78, 5) is 23.8. The summed E-state index contributed by atoms with van der Waals surface area (Å²) in [7, 11) is 3.07. The molecule has 0 unspecified atom stereocenters. The van der Waals surface area contributed by atoms with Crippen LogP contribution < -0.4 is 14.8 Å². The van der Waals surface area contributed by atoms with Crippen LogP contribution in [-0.4, -0.2) is 47.9 Å². The standard InChI is InChI=1S/C14H12F2N4O.C7H8FNO.2CH2O/c1-17-12-3-2-11(15)10(13(12)16)7-21-9-4-8-5-19-20-14(8)18-6-9;1-5-3-6(8)4-9-7(5)10-2;2*1-2/h2-6,17H,7H2,1H3,(H,18,19,20);3-4H,1-2H3;2*1H2. The number of methoxy groups -OCH3 is 1. The number of hydrogen-bond acceptors (Lipinski definition) is 8. The van der Waals surface area contributed by atoms with Gasteiger partial charge in [-0.3, -0.25) is 5.10 Å². The fourth-order valence-electron chi connectivity index (χ4n) is 2.72. The molecule has 186 valence electrons. The molecule has 12 heteroatoms. The second kappa shape index (κ2) is 14.6. The van der Waals surface area contributed by atoms with Crippen molar-refractivity contribution in [1.82, 2.24) is 20.2 Å². The molecule has 1 aromatic carbocycles. The lowest BCUT2D eigenvalue weighted by Crippen LogP contribution is -2.05. The lowest BCUT2D eigenvalue weighted by Gasteiger charge is -2.10. The number of anilines is 1. The van der Waals surface area contributed by atoms with Gasteiger partial charge in [-0.25, -0.2) is 23.1 Å². The lowest BCUT2D eigenvalue weighted by atomic mass is 10.2. The van der Waals surface area contributed by atoms with E-state index in [9.17, 15) is 13.2 Å². The number of hydrogen-bond donors (Lipinski definition) is 2. The van der Waals surface area contributed by atoms with Crippen molar-refractivity contribution >= 4 is 30.3 Å². The Labute approximate surface area is 199 Å². The minimum absolute atomic E-state index is 0.130. The van der Waals surface area contributed by atoms with Crippen LogP contribution in [0, 0.1) is 24.4 Å². The van der Waals surface area contributed by atoms with Crippen LogP contribution in [0.25, 0.3) is 11.0 Å². The van der Waals surface area contributed by atoms with E-state index in [0.29, 0.717) is 22.8 Å². The molecular formula is C23H24F3N5O4. The fraction of sp³-hybridized carbons (Fsp3) is 0.174. The maximum atomic E-state index is 14.0. The first-order valence-corrected chi connectivity index (χ1v) is 9.73. The van der Waals surface area contributed by atoms with E-state index in [2.05, 4.69) is 25.5 Å². The second-order valence-electron chi connectivity index (χ2n) is 6.38. The van der Waals surface area contributed by atoms with Gasteiger partial charge in [-0.2, -0.15) is 5.10 Å². The third-order valence-electron chi connectivity index (χ3n) is 4.29. The van der Waals surface area contributed by atoms with Crippen LogP contribution in [0.1, 0.15) is 11.1 Å². The van der Waals surface area contributed by atoms with E-state index in [4.69, 9.17) is 19.1 Å². The molecule has 0 aliphatic carbocycles. The number of benzene rings is 1. The van der Waals surface area contributed by atoms with Crippen molar-refractivity contribution in [1.29, 1.82) is 0 Å². The molecule has 0 aliphatic rings. The van der Waals surface area contributed by atoms with Gasteiger partial charge < -0.3 is 24.4 Å². The number of ether oxygens (including phenoxy) is 2. The largest absolute Gasteiger partial charge is 0.487 e. The highest BCUT2D eigenvalue weighted by Crippen LogP contribution is 2.23. The molecule has 0 bridgehead atoms. The molecule has 4 aromatic rings. The Bertz CT molecular complexity index is 1220. The van der Waals surface area contributed by atoms with Gasteiger partial charge in [0.2, 0.25) is 5.88 Å². The van der Waals surface area contributed by atoms with Gasteiger partial charge in [-0.15, -0.1) is 0 Å². The van der Waals surface area contributed by atoms with Gasteiger partial charge in [0.25, 0.3) is 0 Å². The van der Waals surface area contributed by atoms with Crippen molar-refractivity contribution in [3.05, 3.63) is 71.4 Å². The van der Waals surface area contributed by atoms with Crippen LogP contribution in [-0.2, 0) is 16.2 Å². The first-order chi connectivity index (χ1) is 16.9. The molecule has 9 nitrogen and oxygen atoms in total. The van der Waals surface area contributed by atoms with Crippen molar-refractivity contribution in [2.75, 3.05) is 19.5 Å². The summed E-state index contributed by atoms with van der Waals surface area (Å²) in [5.74, 6) is -0.754. The molecular weight excluding hydrogens is 467 g/mol. The van der Waals surface area contributed by atoms with Gasteiger partial charge in [-0.1, -0.05) is 0 Å². The molecule has 35 heavy (non-hydrogen) atoms. The zero-order valence-corrected chi connectivity index (χ0v) is 19.3. The quantitative estimate of drug-likeness (QED) is 0.430. The van der Waals surface area contributed by atoms with E-state index in [1.807, 2.05) is 13.6 Å². The Morgan fingerprint density at radius 3 is 2.37 bits per heavy atom. The molecule has 0 amide bonds. The number of nitrogens with zero attached hydrogens (tertiary/aromatic N) is 3. The van der Waals surface area contributed by atoms with E-state index >= 15 is 0 Å². The Balaban J connectivity index is 0.000000368. The van der Waals surface area contributed by atoms with Crippen LogP contribution in [0.2, 0.25) is 0 Å². The number of carbonyl (C=O) groups is 2. The molecule has 0 atom stereocenters. The summed E-state index contributed by atoms with van der Waals surface area (Å²) in [6.07, 6.45) is 4.20. The average molecular weight is 491 g/mol. The highest BCUT2D eigenvalue weighted by molar-refractivity contribution is 5.74. The van der Waals surface area contributed by atoms with Gasteiger partial charge in [-0.05, 0) is 31.2 Å². The van der Waals surface area contributed by atoms with Gasteiger partial charge in [0.15, 0.2) is 11.5 Å². The second-order valence-corrected chi connectivity index (χ2v) is 6.38. The third-order valence-corrected chi connectivity index (χ3v) is 4.29. The Morgan fingerprint density at radius 1 is 1.03 bits per heavy atom. The van der Waals surface area contributed by atoms with Gasteiger partial charge >= 0.3 is 0 Å². The maximum Gasteiger partial charge on any atom is 0.216 e. The molecule has 0 spiro atoms. The number of pyridine rings is 2. The molecule has 2 N–H and O–H groups in total. The predicted molar refractivity (Wildman–Crippen MR) is 124 cm³/mol. The molecule has 0 aliphatic heterocycles. The van der Waals surface area contributed by atoms with E-state index in [1.54, 1.807) is 26.2 Å². The molecule has 3 heterocycles. The summed E-state index contributed by atoms with van der Waals surface area (Å²) in [5.41, 5.74) is 1.42. The summed E-state index contributed by atoms with van der Waals surface area (Å²) in [6, 6.07) is 5.62. The fourth-order valence-corrected chi connectivity index (χ4v) is 2.72. The van der Waals surface area contributed by atoms with Crippen LogP contribution in [0.15, 0.2) is 42.9 Å². The Morgan fingerprint density at radius 2 is 1.74 bits per heavy atom. The summed E-state index contributed by atoms with van der Waals surface area (Å²) >= 11 is 0. The number of rotatable bonds is 5. The van der Waals surface area contributed by atoms with Crippen molar-refractivity contribution in [2.24, 2.45) is 0 Å². The topological polar surface area (TPSA) is 119 Å². The number of aromatic amines is 1.